The molecule has 1 rings (SSSR count). The first-order valence-corrected chi connectivity index (χ1v) is 29.7. The van der Waals surface area contributed by atoms with Crippen LogP contribution in [0.1, 0.15) is 260 Å². The van der Waals surface area contributed by atoms with E-state index >= 15 is 0 Å². The van der Waals surface area contributed by atoms with Gasteiger partial charge < -0.3 is 43.0 Å². The van der Waals surface area contributed by atoms with E-state index in [0.717, 1.165) is 77.4 Å². The molecular formula is C58H112N2O10. The number of esters is 2. The number of nitrogens with zero attached hydrogens (tertiary/aromatic N) is 2. The van der Waals surface area contributed by atoms with Crippen molar-refractivity contribution in [1.82, 2.24) is 9.80 Å². The van der Waals surface area contributed by atoms with Crippen molar-refractivity contribution in [2.24, 2.45) is 5.92 Å². The van der Waals surface area contributed by atoms with Gasteiger partial charge in [-0.1, -0.05) is 196 Å². The number of piperidine rings is 1. The number of carbonyl (C=O) groups is 3. The summed E-state index contributed by atoms with van der Waals surface area (Å²) < 4.78 is 42.5. The van der Waals surface area contributed by atoms with E-state index in [4.69, 9.17) is 33.2 Å². The van der Waals surface area contributed by atoms with Crippen molar-refractivity contribution >= 4 is 18.0 Å². The Bertz CT molecular complexity index is 1130. The van der Waals surface area contributed by atoms with Crippen LogP contribution in [0.5, 0.6) is 0 Å². The molecule has 0 aromatic heterocycles. The normalized spacial score (nSPS) is 15.1. The Morgan fingerprint density at radius 2 is 0.843 bits per heavy atom. The lowest BCUT2D eigenvalue weighted by molar-refractivity contribution is -0.166. The van der Waals surface area contributed by atoms with Crippen LogP contribution in [0.25, 0.3) is 0 Å². The maximum atomic E-state index is 13.5. The summed E-state index contributed by atoms with van der Waals surface area (Å²) in [5, 5.41) is 0. The summed E-state index contributed by atoms with van der Waals surface area (Å²) >= 11 is 0. The van der Waals surface area contributed by atoms with Crippen LogP contribution in [-0.4, -0.2) is 119 Å². The average Bonchev–Trinajstić information content (AvgIpc) is 3.36. The molecule has 0 spiro atoms. The summed E-state index contributed by atoms with van der Waals surface area (Å²) in [5.41, 5.74) is 0. The fourth-order valence-corrected chi connectivity index (χ4v) is 9.11. The van der Waals surface area contributed by atoms with Crippen molar-refractivity contribution in [3.63, 3.8) is 0 Å². The number of unbranched alkanes of at least 4 members (excludes halogenated alkanes) is 24. The number of carbonyl (C=O) groups excluding carboxylic acids is 3. The highest BCUT2D eigenvalue weighted by Gasteiger charge is 2.34. The topological polar surface area (TPSA) is 122 Å². The minimum absolute atomic E-state index is 0.113. The monoisotopic (exact) mass is 997 g/mol. The van der Waals surface area contributed by atoms with E-state index in [2.05, 4.69) is 46.4 Å². The third-order valence-corrected chi connectivity index (χ3v) is 13.6. The van der Waals surface area contributed by atoms with Gasteiger partial charge in [-0.15, -0.1) is 0 Å². The predicted octanol–water partition coefficient (Wildman–Crippen LogP) is 14.9. The second-order valence-corrected chi connectivity index (χ2v) is 20.2. The van der Waals surface area contributed by atoms with Crippen LogP contribution in [-0.2, 0) is 42.7 Å². The van der Waals surface area contributed by atoms with Gasteiger partial charge in [0.05, 0.1) is 32.6 Å². The maximum Gasteiger partial charge on any atom is 0.409 e. The minimum Gasteiger partial charge on any atom is -0.465 e. The molecule has 414 valence electrons. The molecule has 1 saturated heterocycles. The Hall–Kier alpha value is -1.99. The quantitative estimate of drug-likeness (QED) is 0.0250. The van der Waals surface area contributed by atoms with Gasteiger partial charge in [-0.25, -0.2) is 4.79 Å². The van der Waals surface area contributed by atoms with Gasteiger partial charge in [-0.2, -0.15) is 0 Å². The van der Waals surface area contributed by atoms with Crippen LogP contribution >= 0.6 is 0 Å². The molecular weight excluding hydrogens is 885 g/mol. The number of likely N-dealkylation sites (tertiary alicyclic amines) is 1. The van der Waals surface area contributed by atoms with Crippen molar-refractivity contribution in [3.05, 3.63) is 0 Å². The fourth-order valence-electron chi connectivity index (χ4n) is 9.11. The molecule has 12 nitrogen and oxygen atoms in total. The van der Waals surface area contributed by atoms with Gasteiger partial charge in [-0.05, 0) is 51.6 Å². The van der Waals surface area contributed by atoms with Gasteiger partial charge in [0.15, 0.2) is 12.6 Å². The molecule has 1 fully saturated rings. The van der Waals surface area contributed by atoms with Gasteiger partial charge >= 0.3 is 18.0 Å². The molecule has 0 unspecified atom stereocenters. The minimum atomic E-state index is -0.557. The van der Waals surface area contributed by atoms with E-state index in [1.807, 2.05) is 0 Å². The Kier molecular flexibility index (Phi) is 46.4. The van der Waals surface area contributed by atoms with Crippen LogP contribution < -0.4 is 0 Å². The Labute approximate surface area is 430 Å². The van der Waals surface area contributed by atoms with Crippen LogP contribution in [0.4, 0.5) is 4.79 Å². The largest absolute Gasteiger partial charge is 0.465 e. The molecule has 0 N–H and O–H groups in total. The van der Waals surface area contributed by atoms with Gasteiger partial charge in [0.1, 0.15) is 6.10 Å². The zero-order valence-corrected chi connectivity index (χ0v) is 46.6. The first-order chi connectivity index (χ1) is 34.3. The maximum absolute atomic E-state index is 13.5. The van der Waals surface area contributed by atoms with Gasteiger partial charge in [0.2, 0.25) is 0 Å². The number of ether oxygens (including phenoxy) is 7. The van der Waals surface area contributed by atoms with Gasteiger partial charge in [0.25, 0.3) is 0 Å². The molecule has 12 heteroatoms. The van der Waals surface area contributed by atoms with Crippen LogP contribution in [0.3, 0.4) is 0 Å². The van der Waals surface area contributed by atoms with Crippen LogP contribution in [0.2, 0.25) is 0 Å². The fraction of sp³-hybridized carbons (Fsp3) is 0.948. The molecule has 1 amide bonds. The highest BCUT2D eigenvalue weighted by Crippen LogP contribution is 2.23. The molecule has 1 heterocycles. The van der Waals surface area contributed by atoms with Crippen molar-refractivity contribution in [3.8, 4) is 0 Å². The third-order valence-electron chi connectivity index (χ3n) is 13.6. The number of rotatable bonds is 51. The van der Waals surface area contributed by atoms with E-state index in [0.29, 0.717) is 58.8 Å². The van der Waals surface area contributed by atoms with Crippen molar-refractivity contribution in [2.75, 3.05) is 72.4 Å². The molecule has 1 aliphatic heterocycles. The summed E-state index contributed by atoms with van der Waals surface area (Å²) in [6.45, 7) is 19.4. The number of hydrogen-bond donors (Lipinski definition) is 0. The van der Waals surface area contributed by atoms with E-state index in [9.17, 15) is 14.4 Å². The zero-order chi connectivity index (χ0) is 51.0. The van der Waals surface area contributed by atoms with Crippen molar-refractivity contribution in [2.45, 2.75) is 279 Å². The molecule has 0 saturated carbocycles. The lowest BCUT2D eigenvalue weighted by atomic mass is 9.97. The van der Waals surface area contributed by atoms with E-state index in [1.165, 1.54) is 128 Å². The second-order valence-electron chi connectivity index (χ2n) is 20.2. The summed E-state index contributed by atoms with van der Waals surface area (Å²) in [6, 6.07) is 0. The predicted molar refractivity (Wildman–Crippen MR) is 286 cm³/mol. The molecule has 0 aromatic rings. The molecule has 0 radical (unpaired) electrons. The molecule has 1 aliphatic rings. The Morgan fingerprint density at radius 3 is 1.24 bits per heavy atom. The van der Waals surface area contributed by atoms with Crippen molar-refractivity contribution in [1.29, 1.82) is 0 Å². The first-order valence-electron chi connectivity index (χ1n) is 29.7. The lowest BCUT2D eigenvalue weighted by Crippen LogP contribution is -2.49. The highest BCUT2D eigenvalue weighted by molar-refractivity contribution is 5.70. The number of hydrogen-bond acceptors (Lipinski definition) is 11. The summed E-state index contributed by atoms with van der Waals surface area (Å²) in [4.78, 5) is 44.2. The molecule has 0 aliphatic carbocycles. The summed E-state index contributed by atoms with van der Waals surface area (Å²) in [5.74, 6) is -0.897. The smallest absolute Gasteiger partial charge is 0.409 e. The molecule has 70 heavy (non-hydrogen) atoms. The second kappa shape index (κ2) is 49.2. The Morgan fingerprint density at radius 1 is 0.457 bits per heavy atom. The zero-order valence-electron chi connectivity index (χ0n) is 46.6. The molecule has 0 bridgehead atoms. The highest BCUT2D eigenvalue weighted by atomic mass is 16.7. The third kappa shape index (κ3) is 39.5. The standard InChI is InChI=1S/C58H112N2O10/c1-7-13-17-21-25-29-33-43-64-56(65-44-34-30-26-22-18-14-8-2)40-38-54(61)69-51-52-48-53(50-60(49-52)58(63)68-47-37-42-59(11-5)12-6)70-55(62)39-41-57(66-45-35-31-27-23-19-15-9-3)67-46-36-32-28-24-20-16-10-4/h52-53,56-57H,7-51H2,1-6H3/t52-,53+/m1/s1. The van der Waals surface area contributed by atoms with Gasteiger partial charge in [-0.3, -0.25) is 9.59 Å². The van der Waals surface area contributed by atoms with Crippen LogP contribution in [0.15, 0.2) is 0 Å². The molecule has 2 atom stereocenters. The Balaban J connectivity index is 2.86. The SMILES string of the molecule is CCCCCCCCCOC(CCC(=O)OC[C@@H]1C[C@H](OC(=O)CCC(OCCCCCCCCC)OCCCCCCCCC)CN(C(=O)OCCCN(CC)CC)C1)OCCCCCCCCC. The molecule has 0 aromatic carbocycles. The van der Waals surface area contributed by atoms with E-state index in [-0.39, 0.29) is 43.8 Å². The van der Waals surface area contributed by atoms with Crippen molar-refractivity contribution < 1.29 is 47.5 Å². The summed E-state index contributed by atoms with van der Waals surface area (Å²) in [7, 11) is 0. The van der Waals surface area contributed by atoms with Gasteiger partial charge in [0, 0.05) is 58.3 Å². The van der Waals surface area contributed by atoms with Crippen LogP contribution in [0, 0.1) is 5.92 Å². The average molecular weight is 998 g/mol. The number of amides is 1. The van der Waals surface area contributed by atoms with E-state index in [1.54, 1.807) is 4.90 Å². The lowest BCUT2D eigenvalue weighted by Gasteiger charge is -2.36. The first kappa shape index (κ1) is 66.0. The van der Waals surface area contributed by atoms with E-state index < -0.39 is 24.8 Å². The summed E-state index contributed by atoms with van der Waals surface area (Å²) in [6.07, 6.45) is 34.1.